The molecule has 3 aliphatic rings. The van der Waals surface area contributed by atoms with Gasteiger partial charge in [0.2, 0.25) is 5.91 Å². The molecular formula is C17H19FN2O3. The summed E-state index contributed by atoms with van der Waals surface area (Å²) in [4.78, 5) is 27.3. The average Bonchev–Trinajstić information content (AvgIpc) is 3.16. The van der Waals surface area contributed by atoms with Gasteiger partial charge in [-0.05, 0) is 50.9 Å². The van der Waals surface area contributed by atoms with Gasteiger partial charge >= 0.3 is 5.97 Å². The van der Waals surface area contributed by atoms with Crippen molar-refractivity contribution in [2.75, 3.05) is 18.5 Å². The topological polar surface area (TPSA) is 58.6 Å². The van der Waals surface area contributed by atoms with E-state index < -0.39 is 5.54 Å². The maximum absolute atomic E-state index is 13.8. The second kappa shape index (κ2) is 5.03. The summed E-state index contributed by atoms with van der Waals surface area (Å²) in [5, 5.41) is 2.86. The van der Waals surface area contributed by atoms with Crippen LogP contribution in [-0.4, -0.2) is 36.0 Å². The first-order chi connectivity index (χ1) is 11.1. The van der Waals surface area contributed by atoms with Crippen molar-refractivity contribution in [1.29, 1.82) is 0 Å². The van der Waals surface area contributed by atoms with E-state index in [0.717, 1.165) is 19.4 Å². The Balaban J connectivity index is 1.81. The third-order valence-electron chi connectivity index (χ3n) is 5.41. The Morgan fingerprint density at radius 2 is 2.35 bits per heavy atom. The van der Waals surface area contributed by atoms with Crippen molar-refractivity contribution < 1.29 is 18.7 Å². The summed E-state index contributed by atoms with van der Waals surface area (Å²) in [5.41, 5.74) is 0.364. The van der Waals surface area contributed by atoms with Gasteiger partial charge in [-0.2, -0.15) is 0 Å². The molecule has 0 radical (unpaired) electrons. The number of ether oxygens (including phenoxy) is 1. The van der Waals surface area contributed by atoms with Gasteiger partial charge in [0.15, 0.2) is 0 Å². The van der Waals surface area contributed by atoms with Crippen molar-refractivity contribution in [3.8, 4) is 0 Å². The highest BCUT2D eigenvalue weighted by molar-refractivity contribution is 6.06. The maximum atomic E-state index is 13.8. The van der Waals surface area contributed by atoms with Crippen LogP contribution in [0.3, 0.4) is 0 Å². The van der Waals surface area contributed by atoms with Gasteiger partial charge < -0.3 is 10.1 Å². The average molecular weight is 318 g/mol. The monoisotopic (exact) mass is 318 g/mol. The summed E-state index contributed by atoms with van der Waals surface area (Å²) in [6.07, 6.45) is 2.15. The quantitative estimate of drug-likeness (QED) is 0.848. The Bertz CT molecular complexity index is 692. The summed E-state index contributed by atoms with van der Waals surface area (Å²) >= 11 is 0. The first kappa shape index (κ1) is 14.6. The number of hydrogen-bond acceptors (Lipinski definition) is 4. The first-order valence-corrected chi connectivity index (χ1v) is 8.13. The van der Waals surface area contributed by atoms with E-state index in [0.29, 0.717) is 24.3 Å². The predicted molar refractivity (Wildman–Crippen MR) is 81.2 cm³/mol. The minimum atomic E-state index is -0.934. The van der Waals surface area contributed by atoms with Crippen LogP contribution in [0.15, 0.2) is 18.2 Å². The molecule has 0 aromatic heterocycles. The molecule has 1 amide bonds. The maximum Gasteiger partial charge on any atom is 0.310 e. The third-order valence-corrected chi connectivity index (χ3v) is 5.41. The van der Waals surface area contributed by atoms with Gasteiger partial charge in [-0.25, -0.2) is 4.39 Å². The Labute approximate surface area is 133 Å². The fourth-order valence-electron chi connectivity index (χ4n) is 4.55. The fraction of sp³-hybridized carbons (Fsp3) is 0.529. The van der Waals surface area contributed by atoms with E-state index in [4.69, 9.17) is 4.74 Å². The molecule has 1 N–H and O–H groups in total. The number of hydrogen-bond donors (Lipinski definition) is 1. The van der Waals surface area contributed by atoms with Crippen molar-refractivity contribution in [2.45, 2.75) is 37.8 Å². The predicted octanol–water partition coefficient (Wildman–Crippen LogP) is 2.02. The van der Waals surface area contributed by atoms with Gasteiger partial charge in [-0.1, -0.05) is 0 Å². The number of carbonyl (C=O) groups is 2. The number of benzene rings is 1. The third kappa shape index (κ3) is 1.87. The lowest BCUT2D eigenvalue weighted by Gasteiger charge is -2.32. The molecule has 1 spiro atoms. The number of amides is 1. The van der Waals surface area contributed by atoms with E-state index in [1.807, 2.05) is 0 Å². The Morgan fingerprint density at radius 3 is 3.13 bits per heavy atom. The summed E-state index contributed by atoms with van der Waals surface area (Å²) in [6.45, 7) is 2.85. The van der Waals surface area contributed by atoms with Gasteiger partial charge in [0.05, 0.1) is 12.5 Å². The number of carbonyl (C=O) groups excluding carboxylic acids is 2. The van der Waals surface area contributed by atoms with Crippen LogP contribution < -0.4 is 5.32 Å². The number of anilines is 1. The second-order valence-corrected chi connectivity index (χ2v) is 6.47. The van der Waals surface area contributed by atoms with Crippen molar-refractivity contribution in [1.82, 2.24) is 4.90 Å². The molecule has 0 saturated carbocycles. The van der Waals surface area contributed by atoms with Crippen molar-refractivity contribution in [3.05, 3.63) is 29.6 Å². The standard InChI is InChI=1S/C17H19FN2O3/c1-2-23-15(21)11-9-17(20-7-3-4-14(11)20)12-8-10(18)5-6-13(12)19-16(17)22/h5-6,8,11,14H,2-4,7,9H2,1H3,(H,19,22)/t11-,14-,17-/m0/s1. The largest absolute Gasteiger partial charge is 0.466 e. The number of rotatable bonds is 2. The molecule has 1 aromatic rings. The van der Waals surface area contributed by atoms with Crippen LogP contribution in [0.4, 0.5) is 10.1 Å². The van der Waals surface area contributed by atoms with Crippen LogP contribution in [0.1, 0.15) is 31.7 Å². The van der Waals surface area contributed by atoms with E-state index in [1.165, 1.54) is 12.1 Å². The number of nitrogens with one attached hydrogen (secondary N) is 1. The molecule has 0 bridgehead atoms. The zero-order chi connectivity index (χ0) is 16.2. The molecule has 0 aliphatic carbocycles. The van der Waals surface area contributed by atoms with Crippen LogP contribution in [0.2, 0.25) is 0 Å². The van der Waals surface area contributed by atoms with Gasteiger partial charge in [0, 0.05) is 17.3 Å². The first-order valence-electron chi connectivity index (χ1n) is 8.13. The fourth-order valence-corrected chi connectivity index (χ4v) is 4.55. The van der Waals surface area contributed by atoms with Crippen LogP contribution in [0, 0.1) is 11.7 Å². The van der Waals surface area contributed by atoms with Crippen LogP contribution >= 0.6 is 0 Å². The van der Waals surface area contributed by atoms with Crippen LogP contribution in [0.5, 0.6) is 0 Å². The van der Waals surface area contributed by atoms with Gasteiger partial charge in [0.25, 0.3) is 0 Å². The zero-order valence-electron chi connectivity index (χ0n) is 13.0. The second-order valence-electron chi connectivity index (χ2n) is 6.47. The molecule has 0 unspecified atom stereocenters. The molecule has 2 fully saturated rings. The summed E-state index contributed by atoms with van der Waals surface area (Å²) in [6, 6.07) is 4.36. The smallest absolute Gasteiger partial charge is 0.310 e. The van der Waals surface area contributed by atoms with Crippen molar-refractivity contribution in [3.63, 3.8) is 0 Å². The molecule has 3 heterocycles. The van der Waals surface area contributed by atoms with Gasteiger partial charge in [0.1, 0.15) is 11.4 Å². The number of esters is 1. The zero-order valence-corrected chi connectivity index (χ0v) is 13.0. The molecule has 3 atom stereocenters. The lowest BCUT2D eigenvalue weighted by Crippen LogP contribution is -2.47. The Morgan fingerprint density at radius 1 is 1.52 bits per heavy atom. The van der Waals surface area contributed by atoms with E-state index in [1.54, 1.807) is 13.0 Å². The molecule has 5 nitrogen and oxygen atoms in total. The number of nitrogens with zero attached hydrogens (tertiary/aromatic N) is 1. The van der Waals surface area contributed by atoms with E-state index in [-0.39, 0.29) is 29.7 Å². The molecule has 1 aromatic carbocycles. The molecule has 4 rings (SSSR count). The summed E-state index contributed by atoms with van der Waals surface area (Å²) in [5.74, 6) is -1.11. The molecular weight excluding hydrogens is 299 g/mol. The van der Waals surface area contributed by atoms with Crippen molar-refractivity contribution >= 4 is 17.6 Å². The van der Waals surface area contributed by atoms with Gasteiger partial charge in [-0.15, -0.1) is 0 Å². The lowest BCUT2D eigenvalue weighted by atomic mass is 9.84. The highest BCUT2D eigenvalue weighted by Crippen LogP contribution is 2.54. The number of fused-ring (bicyclic) bond motifs is 4. The van der Waals surface area contributed by atoms with E-state index >= 15 is 0 Å². The summed E-state index contributed by atoms with van der Waals surface area (Å²) in [7, 11) is 0. The molecule has 23 heavy (non-hydrogen) atoms. The minimum Gasteiger partial charge on any atom is -0.466 e. The highest BCUT2D eigenvalue weighted by Gasteiger charge is 2.63. The lowest BCUT2D eigenvalue weighted by molar-refractivity contribution is -0.148. The molecule has 3 aliphatic heterocycles. The van der Waals surface area contributed by atoms with Crippen LogP contribution in [-0.2, 0) is 19.9 Å². The molecule has 6 heteroatoms. The summed E-state index contributed by atoms with van der Waals surface area (Å²) < 4.78 is 19.0. The van der Waals surface area contributed by atoms with Gasteiger partial charge in [-0.3, -0.25) is 14.5 Å². The van der Waals surface area contributed by atoms with E-state index in [2.05, 4.69) is 10.2 Å². The minimum absolute atomic E-state index is 0.00554. The normalized spacial score (nSPS) is 32.0. The Kier molecular flexibility index (Phi) is 3.20. The molecule has 122 valence electrons. The SMILES string of the molecule is CCOC(=O)[C@H]1C[C@]2(C(=O)Nc3ccc(F)cc32)N2CCC[C@@H]12. The molecule has 2 saturated heterocycles. The van der Waals surface area contributed by atoms with Crippen LogP contribution in [0.25, 0.3) is 0 Å². The highest BCUT2D eigenvalue weighted by atomic mass is 19.1. The Hall–Kier alpha value is -1.95. The van der Waals surface area contributed by atoms with E-state index in [9.17, 15) is 14.0 Å². The number of halogens is 1. The van der Waals surface area contributed by atoms with Crippen molar-refractivity contribution in [2.24, 2.45) is 5.92 Å².